The zero-order chi connectivity index (χ0) is 16.1. The molecule has 1 amide bonds. The lowest BCUT2D eigenvalue weighted by Crippen LogP contribution is -2.36. The van der Waals surface area contributed by atoms with Crippen LogP contribution in [0.25, 0.3) is 0 Å². The second-order valence-electron chi connectivity index (χ2n) is 5.82. The van der Waals surface area contributed by atoms with E-state index in [4.69, 9.17) is 4.74 Å². The van der Waals surface area contributed by atoms with E-state index in [1.807, 2.05) is 59.5 Å². The van der Waals surface area contributed by atoms with Gasteiger partial charge >= 0.3 is 0 Å². The summed E-state index contributed by atoms with van der Waals surface area (Å²) in [5, 5.41) is 3.20. The normalized spacial score (nSPS) is 13.4. The Bertz CT molecular complexity index is 636. The standard InChI is InChI=1S/C19H22N2O2/c1-23-18-11-7-15(8-12-18)14-21(17-9-10-17)19(22)13-20-16-5-3-2-4-6-16/h2-8,11-12,17,20H,9-10,13-14H2,1H3. The Morgan fingerprint density at radius 3 is 2.43 bits per heavy atom. The van der Waals surface area contributed by atoms with Gasteiger partial charge in [-0.25, -0.2) is 0 Å². The van der Waals surface area contributed by atoms with Gasteiger partial charge in [-0.3, -0.25) is 4.79 Å². The Morgan fingerprint density at radius 2 is 1.83 bits per heavy atom. The van der Waals surface area contributed by atoms with E-state index in [9.17, 15) is 4.79 Å². The van der Waals surface area contributed by atoms with E-state index in [1.165, 1.54) is 0 Å². The Morgan fingerprint density at radius 1 is 1.13 bits per heavy atom. The van der Waals surface area contributed by atoms with Crippen LogP contribution in [0.5, 0.6) is 5.75 Å². The lowest BCUT2D eigenvalue weighted by molar-refractivity contribution is -0.130. The first-order chi connectivity index (χ1) is 11.3. The lowest BCUT2D eigenvalue weighted by Gasteiger charge is -2.23. The van der Waals surface area contributed by atoms with E-state index >= 15 is 0 Å². The van der Waals surface area contributed by atoms with E-state index in [1.54, 1.807) is 7.11 Å². The fraction of sp³-hybridized carbons (Fsp3) is 0.316. The van der Waals surface area contributed by atoms with Crippen molar-refractivity contribution in [2.45, 2.75) is 25.4 Å². The number of hydrogen-bond acceptors (Lipinski definition) is 3. The summed E-state index contributed by atoms with van der Waals surface area (Å²) in [6, 6.07) is 18.1. The Kier molecular flexibility index (Phi) is 4.81. The maximum atomic E-state index is 12.6. The average Bonchev–Trinajstić information content (AvgIpc) is 3.44. The summed E-state index contributed by atoms with van der Waals surface area (Å²) >= 11 is 0. The van der Waals surface area contributed by atoms with E-state index in [-0.39, 0.29) is 5.91 Å². The largest absolute Gasteiger partial charge is 0.497 e. The number of nitrogens with zero attached hydrogens (tertiary/aromatic N) is 1. The first-order valence-corrected chi connectivity index (χ1v) is 7.97. The Balaban J connectivity index is 1.60. The molecule has 1 aliphatic rings. The second-order valence-corrected chi connectivity index (χ2v) is 5.82. The number of carbonyl (C=O) groups is 1. The van der Waals surface area contributed by atoms with Crippen molar-refractivity contribution < 1.29 is 9.53 Å². The molecular formula is C19H22N2O2. The van der Waals surface area contributed by atoms with Gasteiger partial charge in [-0.15, -0.1) is 0 Å². The number of amides is 1. The first kappa shape index (κ1) is 15.4. The highest BCUT2D eigenvalue weighted by Crippen LogP contribution is 2.28. The van der Waals surface area contributed by atoms with Crippen LogP contribution in [0, 0.1) is 0 Å². The quantitative estimate of drug-likeness (QED) is 0.853. The minimum atomic E-state index is 0.146. The second kappa shape index (κ2) is 7.18. The smallest absolute Gasteiger partial charge is 0.242 e. The highest BCUT2D eigenvalue weighted by molar-refractivity contribution is 5.81. The SMILES string of the molecule is COc1ccc(CN(C(=O)CNc2ccccc2)C2CC2)cc1. The number of methoxy groups -OCH3 is 1. The van der Waals surface area contributed by atoms with Gasteiger partial charge in [0.05, 0.1) is 13.7 Å². The van der Waals surface area contributed by atoms with Gasteiger partial charge in [0.25, 0.3) is 0 Å². The minimum absolute atomic E-state index is 0.146. The summed E-state index contributed by atoms with van der Waals surface area (Å²) in [5.74, 6) is 0.982. The van der Waals surface area contributed by atoms with E-state index in [0.717, 1.165) is 29.8 Å². The van der Waals surface area contributed by atoms with Gasteiger partial charge in [0.2, 0.25) is 5.91 Å². The van der Waals surface area contributed by atoms with Crippen LogP contribution in [0.15, 0.2) is 54.6 Å². The number of para-hydroxylation sites is 1. The van der Waals surface area contributed by atoms with Gasteiger partial charge in [0.15, 0.2) is 0 Å². The fourth-order valence-electron chi connectivity index (χ4n) is 2.57. The van der Waals surface area contributed by atoms with Crippen LogP contribution in [-0.4, -0.2) is 30.5 Å². The molecule has 0 heterocycles. The zero-order valence-electron chi connectivity index (χ0n) is 13.4. The molecule has 1 aliphatic carbocycles. The molecule has 0 saturated heterocycles. The van der Waals surface area contributed by atoms with Crippen LogP contribution in [0.4, 0.5) is 5.69 Å². The summed E-state index contributed by atoms with van der Waals surface area (Å²) in [7, 11) is 1.66. The van der Waals surface area contributed by atoms with Crippen LogP contribution in [0.2, 0.25) is 0 Å². The molecule has 4 heteroatoms. The van der Waals surface area contributed by atoms with Crippen molar-refractivity contribution in [2.75, 3.05) is 19.0 Å². The van der Waals surface area contributed by atoms with Gasteiger partial charge in [0, 0.05) is 18.3 Å². The predicted molar refractivity (Wildman–Crippen MR) is 91.5 cm³/mol. The van der Waals surface area contributed by atoms with Crippen molar-refractivity contribution in [3.05, 3.63) is 60.2 Å². The average molecular weight is 310 g/mol. The van der Waals surface area contributed by atoms with Crippen LogP contribution in [0.1, 0.15) is 18.4 Å². The number of anilines is 1. The van der Waals surface area contributed by atoms with Crippen LogP contribution in [-0.2, 0) is 11.3 Å². The van der Waals surface area contributed by atoms with Gasteiger partial charge < -0.3 is 15.0 Å². The molecule has 0 radical (unpaired) electrons. The minimum Gasteiger partial charge on any atom is -0.497 e. The van der Waals surface area contributed by atoms with Crippen molar-refractivity contribution in [3.8, 4) is 5.75 Å². The van der Waals surface area contributed by atoms with Crippen LogP contribution < -0.4 is 10.1 Å². The molecule has 0 atom stereocenters. The molecule has 4 nitrogen and oxygen atoms in total. The van der Waals surface area contributed by atoms with Crippen molar-refractivity contribution in [1.82, 2.24) is 4.90 Å². The lowest BCUT2D eigenvalue weighted by atomic mass is 10.2. The highest BCUT2D eigenvalue weighted by atomic mass is 16.5. The Hall–Kier alpha value is -2.49. The van der Waals surface area contributed by atoms with Gasteiger partial charge in [-0.05, 0) is 42.7 Å². The molecule has 2 aromatic carbocycles. The molecule has 0 bridgehead atoms. The molecule has 1 fully saturated rings. The maximum Gasteiger partial charge on any atom is 0.242 e. The summed E-state index contributed by atoms with van der Waals surface area (Å²) in [5.41, 5.74) is 2.10. The molecule has 23 heavy (non-hydrogen) atoms. The third-order valence-corrected chi connectivity index (χ3v) is 4.04. The van der Waals surface area contributed by atoms with Gasteiger partial charge in [0.1, 0.15) is 5.75 Å². The number of rotatable bonds is 7. The molecular weight excluding hydrogens is 288 g/mol. The molecule has 0 aliphatic heterocycles. The maximum absolute atomic E-state index is 12.6. The third kappa shape index (κ3) is 4.25. The summed E-state index contributed by atoms with van der Waals surface area (Å²) < 4.78 is 5.18. The number of ether oxygens (including phenoxy) is 1. The number of nitrogens with one attached hydrogen (secondary N) is 1. The van der Waals surface area contributed by atoms with Crippen LogP contribution >= 0.6 is 0 Å². The monoisotopic (exact) mass is 310 g/mol. The molecule has 2 aromatic rings. The van der Waals surface area contributed by atoms with Gasteiger partial charge in [-0.2, -0.15) is 0 Å². The predicted octanol–water partition coefficient (Wildman–Crippen LogP) is 3.30. The van der Waals surface area contributed by atoms with Crippen molar-refractivity contribution in [3.63, 3.8) is 0 Å². The Labute approximate surface area is 137 Å². The molecule has 0 spiro atoms. The fourth-order valence-corrected chi connectivity index (χ4v) is 2.57. The molecule has 1 saturated carbocycles. The summed E-state index contributed by atoms with van der Waals surface area (Å²) in [4.78, 5) is 14.5. The van der Waals surface area contributed by atoms with E-state index < -0.39 is 0 Å². The summed E-state index contributed by atoms with van der Waals surface area (Å²) in [6.45, 7) is 0.987. The van der Waals surface area contributed by atoms with Crippen molar-refractivity contribution >= 4 is 11.6 Å². The molecule has 1 N–H and O–H groups in total. The first-order valence-electron chi connectivity index (χ1n) is 7.97. The topological polar surface area (TPSA) is 41.6 Å². The molecule has 3 rings (SSSR count). The number of carbonyl (C=O) groups excluding carboxylic acids is 1. The molecule has 0 aromatic heterocycles. The van der Waals surface area contributed by atoms with Crippen molar-refractivity contribution in [1.29, 1.82) is 0 Å². The molecule has 0 unspecified atom stereocenters. The van der Waals surface area contributed by atoms with E-state index in [2.05, 4.69) is 5.32 Å². The number of hydrogen-bond donors (Lipinski definition) is 1. The third-order valence-electron chi connectivity index (χ3n) is 4.04. The highest BCUT2D eigenvalue weighted by Gasteiger charge is 2.32. The van der Waals surface area contributed by atoms with Gasteiger partial charge in [-0.1, -0.05) is 30.3 Å². The summed E-state index contributed by atoms with van der Waals surface area (Å²) in [6.07, 6.45) is 2.21. The van der Waals surface area contributed by atoms with E-state index in [0.29, 0.717) is 19.1 Å². The molecule has 120 valence electrons. The zero-order valence-corrected chi connectivity index (χ0v) is 13.4. The number of benzene rings is 2. The van der Waals surface area contributed by atoms with Crippen LogP contribution in [0.3, 0.4) is 0 Å². The van der Waals surface area contributed by atoms with Crippen molar-refractivity contribution in [2.24, 2.45) is 0 Å².